The van der Waals surface area contributed by atoms with Crippen LogP contribution in [0, 0.1) is 23.2 Å². The Hall–Kier alpha value is -1.70. The Morgan fingerprint density at radius 1 is 1.04 bits per heavy atom. The minimum Gasteiger partial charge on any atom is -0.480 e. The minimum atomic E-state index is -3.66. The van der Waals surface area contributed by atoms with Gasteiger partial charge in [0, 0.05) is 32.7 Å². The lowest BCUT2D eigenvalue weighted by atomic mass is 9.97. The fourth-order valence-electron chi connectivity index (χ4n) is 3.75. The Morgan fingerprint density at radius 2 is 1.72 bits per heavy atom. The number of likely N-dealkylation sites (tertiary alicyclic amines) is 1. The quantitative estimate of drug-likeness (QED) is 0.710. The first-order valence-electron chi connectivity index (χ1n) is 8.52. The summed E-state index contributed by atoms with van der Waals surface area (Å²) in [6, 6.07) is 1.25. The van der Waals surface area contributed by atoms with Crippen LogP contribution in [0.1, 0.15) is 25.7 Å². The predicted octanol–water partition coefficient (Wildman–Crippen LogP) is -0.526. The minimum absolute atomic E-state index is 0.0811. The zero-order chi connectivity index (χ0) is 18.2. The number of aliphatic carboxylic acids is 1. The number of carboxylic acid groups (broad SMARTS) is 1. The van der Waals surface area contributed by atoms with Gasteiger partial charge in [-0.25, -0.2) is 4.79 Å². The summed E-state index contributed by atoms with van der Waals surface area (Å²) in [6.07, 6.45) is 2.23. The van der Waals surface area contributed by atoms with E-state index in [0.717, 1.165) is 0 Å². The third-order valence-electron chi connectivity index (χ3n) is 5.24. The second kappa shape index (κ2) is 6.90. The second-order valence-corrected chi connectivity index (χ2v) is 8.80. The van der Waals surface area contributed by atoms with Crippen LogP contribution in [-0.2, 0) is 19.8 Å². The smallest absolute Gasteiger partial charge is 0.326 e. The molecule has 2 unspecified atom stereocenters. The lowest BCUT2D eigenvalue weighted by molar-refractivity contribution is -0.150. The van der Waals surface area contributed by atoms with Gasteiger partial charge in [-0.2, -0.15) is 22.3 Å². The summed E-state index contributed by atoms with van der Waals surface area (Å²) in [5, 5.41) is 18.0. The maximum atomic E-state index is 12.7. The third kappa shape index (κ3) is 3.36. The Kier molecular flexibility index (Phi) is 4.99. The number of carbonyl (C=O) groups is 2. The molecular formula is C15H22N4O5S. The normalized spacial score (nSPS) is 29.2. The molecule has 3 rings (SSSR count). The van der Waals surface area contributed by atoms with Crippen molar-refractivity contribution in [1.29, 1.82) is 5.26 Å². The van der Waals surface area contributed by atoms with E-state index in [0.29, 0.717) is 38.8 Å². The first-order valence-corrected chi connectivity index (χ1v) is 9.92. The number of nitriles is 1. The molecule has 1 amide bonds. The summed E-state index contributed by atoms with van der Waals surface area (Å²) in [5.41, 5.74) is 0. The molecule has 0 bridgehead atoms. The lowest BCUT2D eigenvalue weighted by Gasteiger charge is -2.40. The van der Waals surface area contributed by atoms with Crippen molar-refractivity contribution >= 4 is 22.1 Å². The van der Waals surface area contributed by atoms with Gasteiger partial charge < -0.3 is 10.0 Å². The number of amides is 1. The average Bonchev–Trinajstić information content (AvgIpc) is 3.03. The van der Waals surface area contributed by atoms with E-state index in [1.54, 1.807) is 0 Å². The summed E-state index contributed by atoms with van der Waals surface area (Å²) in [6.45, 7) is 1.23. The fraction of sp³-hybridized carbons (Fsp3) is 0.800. The first-order chi connectivity index (χ1) is 11.8. The van der Waals surface area contributed by atoms with Crippen molar-refractivity contribution in [2.75, 3.05) is 32.7 Å². The molecule has 0 radical (unpaired) electrons. The molecule has 3 fully saturated rings. The molecule has 138 valence electrons. The van der Waals surface area contributed by atoms with Crippen molar-refractivity contribution in [3.8, 4) is 6.07 Å². The van der Waals surface area contributed by atoms with E-state index in [-0.39, 0.29) is 31.5 Å². The van der Waals surface area contributed by atoms with E-state index in [4.69, 9.17) is 5.26 Å². The highest BCUT2D eigenvalue weighted by Crippen LogP contribution is 2.28. The van der Waals surface area contributed by atoms with Crippen molar-refractivity contribution in [3.05, 3.63) is 0 Å². The highest BCUT2D eigenvalue weighted by atomic mass is 32.2. The lowest BCUT2D eigenvalue weighted by Crippen LogP contribution is -2.57. The van der Waals surface area contributed by atoms with Crippen LogP contribution in [0.15, 0.2) is 0 Å². The van der Waals surface area contributed by atoms with E-state index >= 15 is 0 Å². The molecule has 0 spiro atoms. The molecule has 0 aromatic heterocycles. The zero-order valence-corrected chi connectivity index (χ0v) is 14.7. The average molecular weight is 370 g/mol. The monoisotopic (exact) mass is 370 g/mol. The number of carbonyl (C=O) groups excluding carboxylic acids is 1. The molecule has 3 saturated heterocycles. The van der Waals surface area contributed by atoms with Gasteiger partial charge >= 0.3 is 5.97 Å². The summed E-state index contributed by atoms with van der Waals surface area (Å²) < 4.78 is 27.8. The van der Waals surface area contributed by atoms with Crippen LogP contribution < -0.4 is 0 Å². The van der Waals surface area contributed by atoms with Crippen molar-refractivity contribution in [3.63, 3.8) is 0 Å². The van der Waals surface area contributed by atoms with Crippen LogP contribution in [0.25, 0.3) is 0 Å². The third-order valence-corrected chi connectivity index (χ3v) is 7.17. The molecule has 10 heteroatoms. The topological polar surface area (TPSA) is 122 Å². The maximum Gasteiger partial charge on any atom is 0.326 e. The van der Waals surface area contributed by atoms with E-state index in [2.05, 4.69) is 0 Å². The number of hydrogen-bond donors (Lipinski definition) is 1. The maximum absolute atomic E-state index is 12.7. The highest BCUT2D eigenvalue weighted by molar-refractivity contribution is 7.86. The van der Waals surface area contributed by atoms with Crippen molar-refractivity contribution in [2.24, 2.45) is 11.8 Å². The largest absolute Gasteiger partial charge is 0.480 e. The SMILES string of the molecule is N#CC1CN(S(=O)(=O)N2CCCC(C(=O)N3CCCC3C(=O)O)C2)C1. The Balaban J connectivity index is 1.66. The fourth-order valence-corrected chi connectivity index (χ4v) is 5.54. The van der Waals surface area contributed by atoms with Crippen LogP contribution in [0.2, 0.25) is 0 Å². The number of nitrogens with zero attached hydrogens (tertiary/aromatic N) is 4. The molecule has 9 nitrogen and oxygen atoms in total. The molecule has 0 aromatic carbocycles. The van der Waals surface area contributed by atoms with Crippen molar-refractivity contribution in [2.45, 2.75) is 31.7 Å². The van der Waals surface area contributed by atoms with Crippen molar-refractivity contribution in [1.82, 2.24) is 13.5 Å². The van der Waals surface area contributed by atoms with E-state index in [1.807, 2.05) is 6.07 Å². The number of hydrogen-bond acceptors (Lipinski definition) is 5. The molecule has 1 N–H and O–H groups in total. The summed E-state index contributed by atoms with van der Waals surface area (Å²) in [4.78, 5) is 25.4. The van der Waals surface area contributed by atoms with Crippen molar-refractivity contribution < 1.29 is 23.1 Å². The summed E-state index contributed by atoms with van der Waals surface area (Å²) in [5.74, 6) is -2.04. The zero-order valence-electron chi connectivity index (χ0n) is 13.9. The van der Waals surface area contributed by atoms with Crippen LogP contribution in [0.4, 0.5) is 0 Å². The number of carboxylic acids is 1. The molecule has 25 heavy (non-hydrogen) atoms. The van der Waals surface area contributed by atoms with Gasteiger partial charge in [0.2, 0.25) is 5.91 Å². The molecule has 2 atom stereocenters. The molecule has 3 aliphatic rings. The van der Waals surface area contributed by atoms with E-state index < -0.39 is 28.1 Å². The summed E-state index contributed by atoms with van der Waals surface area (Å²) in [7, 11) is -3.66. The van der Waals surface area contributed by atoms with E-state index in [1.165, 1.54) is 13.5 Å². The first kappa shape index (κ1) is 18.1. The molecule has 0 aliphatic carbocycles. The van der Waals surface area contributed by atoms with Crippen LogP contribution in [-0.4, -0.2) is 77.7 Å². The Morgan fingerprint density at radius 3 is 2.36 bits per heavy atom. The van der Waals surface area contributed by atoms with E-state index in [9.17, 15) is 23.1 Å². The standard InChI is InChI=1S/C15H22N4O5S/c16-7-11-8-18(9-11)25(23,24)17-5-1-3-12(10-17)14(20)19-6-2-4-13(19)15(21)22/h11-13H,1-6,8-10H2,(H,21,22). The summed E-state index contributed by atoms with van der Waals surface area (Å²) >= 11 is 0. The number of rotatable bonds is 4. The molecule has 0 aromatic rings. The van der Waals surface area contributed by atoms with Crippen LogP contribution >= 0.6 is 0 Å². The van der Waals surface area contributed by atoms with Gasteiger partial charge in [0.15, 0.2) is 0 Å². The molecule has 3 heterocycles. The van der Waals surface area contributed by atoms with Gasteiger partial charge in [0.05, 0.1) is 17.9 Å². The second-order valence-electron chi connectivity index (χ2n) is 6.88. The van der Waals surface area contributed by atoms with Gasteiger partial charge in [-0.15, -0.1) is 0 Å². The van der Waals surface area contributed by atoms with Crippen LogP contribution in [0.5, 0.6) is 0 Å². The van der Waals surface area contributed by atoms with Gasteiger partial charge in [0.25, 0.3) is 10.2 Å². The predicted molar refractivity (Wildman–Crippen MR) is 86.3 cm³/mol. The van der Waals surface area contributed by atoms with Gasteiger partial charge in [0.1, 0.15) is 6.04 Å². The van der Waals surface area contributed by atoms with Gasteiger partial charge in [-0.1, -0.05) is 0 Å². The molecular weight excluding hydrogens is 348 g/mol. The number of piperidine rings is 1. The highest BCUT2D eigenvalue weighted by Gasteiger charge is 2.44. The Bertz CT molecular complexity index is 697. The molecule has 0 saturated carbocycles. The van der Waals surface area contributed by atoms with Crippen LogP contribution in [0.3, 0.4) is 0 Å². The van der Waals surface area contributed by atoms with Gasteiger partial charge in [-0.3, -0.25) is 4.79 Å². The Labute approximate surface area is 147 Å². The molecule has 3 aliphatic heterocycles. The van der Waals surface area contributed by atoms with Gasteiger partial charge in [-0.05, 0) is 25.7 Å².